The molecule has 0 aromatic rings. The van der Waals surface area contributed by atoms with E-state index in [0.29, 0.717) is 6.10 Å². The zero-order valence-electron chi connectivity index (χ0n) is 8.17. The lowest BCUT2D eigenvalue weighted by atomic mass is 9.69. The number of rotatable bonds is 2. The van der Waals surface area contributed by atoms with Gasteiger partial charge in [0, 0.05) is 0 Å². The molecule has 0 spiro atoms. The molecule has 0 N–H and O–H groups in total. The minimum atomic E-state index is 0.584. The van der Waals surface area contributed by atoms with E-state index in [4.69, 9.17) is 4.74 Å². The Kier molecular flexibility index (Phi) is 1.85. The van der Waals surface area contributed by atoms with Crippen molar-refractivity contribution in [2.75, 3.05) is 0 Å². The van der Waals surface area contributed by atoms with Gasteiger partial charge in [-0.15, -0.1) is 0 Å². The lowest BCUT2D eigenvalue weighted by Gasteiger charge is -2.41. The molecule has 0 heterocycles. The summed E-state index contributed by atoms with van der Waals surface area (Å²) in [6.07, 6.45) is 12.4. The average molecular weight is 178 g/mol. The third kappa shape index (κ3) is 1.61. The SMILES string of the molecule is C(OC1CC2CCC1CC2)=C1CC1. The first-order chi connectivity index (χ1) is 6.42. The van der Waals surface area contributed by atoms with Crippen LogP contribution in [0.25, 0.3) is 0 Å². The first kappa shape index (κ1) is 7.90. The molecule has 0 aromatic heterocycles. The summed E-state index contributed by atoms with van der Waals surface area (Å²) < 4.78 is 5.88. The largest absolute Gasteiger partial charge is 0.498 e. The van der Waals surface area contributed by atoms with Crippen LogP contribution < -0.4 is 0 Å². The second-order valence-electron chi connectivity index (χ2n) is 4.97. The molecule has 4 fully saturated rings. The average Bonchev–Trinajstić information content (AvgIpc) is 3.00. The summed E-state index contributed by atoms with van der Waals surface area (Å²) >= 11 is 0. The van der Waals surface area contributed by atoms with Crippen molar-refractivity contribution in [1.82, 2.24) is 0 Å². The summed E-state index contributed by atoms with van der Waals surface area (Å²) in [5.74, 6) is 1.88. The maximum absolute atomic E-state index is 5.88. The third-order valence-corrected chi connectivity index (χ3v) is 3.93. The molecule has 1 atom stereocenters. The molecule has 0 saturated heterocycles. The molecule has 1 heteroatoms. The number of hydrogen-bond donors (Lipinski definition) is 0. The molecule has 1 unspecified atom stereocenters. The van der Waals surface area contributed by atoms with E-state index in [1.807, 2.05) is 0 Å². The lowest BCUT2D eigenvalue weighted by Crippen LogP contribution is -2.36. The molecule has 0 amide bonds. The monoisotopic (exact) mass is 178 g/mol. The minimum absolute atomic E-state index is 0.584. The van der Waals surface area contributed by atoms with E-state index in [1.54, 1.807) is 0 Å². The van der Waals surface area contributed by atoms with E-state index < -0.39 is 0 Å². The van der Waals surface area contributed by atoms with Gasteiger partial charge in [-0.1, -0.05) is 0 Å². The van der Waals surface area contributed by atoms with Crippen LogP contribution in [-0.2, 0) is 4.74 Å². The van der Waals surface area contributed by atoms with E-state index in [1.165, 1.54) is 50.5 Å². The van der Waals surface area contributed by atoms with Gasteiger partial charge in [-0.2, -0.15) is 0 Å². The topological polar surface area (TPSA) is 9.23 Å². The van der Waals surface area contributed by atoms with Crippen LogP contribution in [0.4, 0.5) is 0 Å². The molecule has 0 aliphatic heterocycles. The molecule has 0 radical (unpaired) electrons. The van der Waals surface area contributed by atoms with Gasteiger partial charge >= 0.3 is 0 Å². The van der Waals surface area contributed by atoms with Crippen molar-refractivity contribution in [3.05, 3.63) is 11.8 Å². The van der Waals surface area contributed by atoms with Crippen molar-refractivity contribution in [2.45, 2.75) is 51.0 Å². The van der Waals surface area contributed by atoms with Crippen LogP contribution in [0, 0.1) is 11.8 Å². The summed E-state index contributed by atoms with van der Waals surface area (Å²) in [5, 5.41) is 0. The summed E-state index contributed by atoms with van der Waals surface area (Å²) in [7, 11) is 0. The van der Waals surface area contributed by atoms with Crippen LogP contribution >= 0.6 is 0 Å². The molecule has 72 valence electrons. The van der Waals surface area contributed by atoms with Gasteiger partial charge in [0.25, 0.3) is 0 Å². The maximum atomic E-state index is 5.88. The highest BCUT2D eigenvalue weighted by Crippen LogP contribution is 2.43. The highest BCUT2D eigenvalue weighted by Gasteiger charge is 2.36. The Bertz CT molecular complexity index is 217. The fourth-order valence-electron chi connectivity index (χ4n) is 2.86. The van der Waals surface area contributed by atoms with E-state index in [9.17, 15) is 0 Å². The van der Waals surface area contributed by atoms with Crippen LogP contribution in [0.2, 0.25) is 0 Å². The first-order valence-electron chi connectivity index (χ1n) is 5.75. The fourth-order valence-corrected chi connectivity index (χ4v) is 2.86. The van der Waals surface area contributed by atoms with Gasteiger partial charge in [-0.25, -0.2) is 0 Å². The Hall–Kier alpha value is -0.460. The zero-order valence-corrected chi connectivity index (χ0v) is 8.17. The summed E-state index contributed by atoms with van der Waals surface area (Å²) in [5.41, 5.74) is 1.53. The Morgan fingerprint density at radius 2 is 1.85 bits per heavy atom. The lowest BCUT2D eigenvalue weighted by molar-refractivity contribution is -0.00861. The Morgan fingerprint density at radius 3 is 2.38 bits per heavy atom. The quantitative estimate of drug-likeness (QED) is 0.590. The zero-order chi connectivity index (χ0) is 8.67. The summed E-state index contributed by atoms with van der Waals surface area (Å²) in [6, 6.07) is 0. The van der Waals surface area contributed by atoms with Gasteiger partial charge in [0.15, 0.2) is 0 Å². The minimum Gasteiger partial charge on any atom is -0.498 e. The molecule has 4 rings (SSSR count). The van der Waals surface area contributed by atoms with Gasteiger partial charge in [0.1, 0.15) is 6.10 Å². The van der Waals surface area contributed by atoms with Crippen molar-refractivity contribution in [1.29, 1.82) is 0 Å². The van der Waals surface area contributed by atoms with Crippen LogP contribution in [0.3, 0.4) is 0 Å². The fraction of sp³-hybridized carbons (Fsp3) is 0.833. The van der Waals surface area contributed by atoms with Gasteiger partial charge in [-0.05, 0) is 62.4 Å². The van der Waals surface area contributed by atoms with Gasteiger partial charge in [0.2, 0.25) is 0 Å². The molecule has 1 nitrogen and oxygen atoms in total. The molecular formula is C12H18O. The predicted molar refractivity (Wildman–Crippen MR) is 52.3 cm³/mol. The summed E-state index contributed by atoms with van der Waals surface area (Å²) in [4.78, 5) is 0. The van der Waals surface area contributed by atoms with E-state index >= 15 is 0 Å². The molecule has 0 aromatic carbocycles. The second-order valence-corrected chi connectivity index (χ2v) is 4.97. The molecule has 13 heavy (non-hydrogen) atoms. The van der Waals surface area contributed by atoms with E-state index in [2.05, 4.69) is 6.26 Å². The van der Waals surface area contributed by atoms with Gasteiger partial charge in [0.05, 0.1) is 6.26 Å². The summed E-state index contributed by atoms with van der Waals surface area (Å²) in [6.45, 7) is 0. The Labute approximate surface area is 80.2 Å². The van der Waals surface area contributed by atoms with E-state index in [0.717, 1.165) is 11.8 Å². The van der Waals surface area contributed by atoms with Crippen molar-refractivity contribution in [3.8, 4) is 0 Å². The Balaban J connectivity index is 1.61. The molecule has 4 aliphatic rings. The highest BCUT2D eigenvalue weighted by atomic mass is 16.5. The van der Waals surface area contributed by atoms with Crippen molar-refractivity contribution in [3.63, 3.8) is 0 Å². The predicted octanol–water partition coefficient (Wildman–Crippen LogP) is 3.26. The number of hydrogen-bond acceptors (Lipinski definition) is 1. The van der Waals surface area contributed by atoms with Crippen LogP contribution in [0.5, 0.6) is 0 Å². The van der Waals surface area contributed by atoms with Crippen molar-refractivity contribution in [2.24, 2.45) is 11.8 Å². The Morgan fingerprint density at radius 1 is 1.08 bits per heavy atom. The third-order valence-electron chi connectivity index (χ3n) is 3.93. The maximum Gasteiger partial charge on any atom is 0.101 e. The van der Waals surface area contributed by atoms with Crippen LogP contribution in [0.1, 0.15) is 44.9 Å². The van der Waals surface area contributed by atoms with Crippen LogP contribution in [-0.4, -0.2) is 6.10 Å². The van der Waals surface area contributed by atoms with E-state index in [-0.39, 0.29) is 0 Å². The molecule has 4 saturated carbocycles. The number of allylic oxidation sites excluding steroid dienone is 1. The normalized spacial score (nSPS) is 41.8. The second kappa shape index (κ2) is 3.04. The first-order valence-corrected chi connectivity index (χ1v) is 5.75. The number of fused-ring (bicyclic) bond motifs is 3. The smallest absolute Gasteiger partial charge is 0.101 e. The van der Waals surface area contributed by atoms with Gasteiger partial charge < -0.3 is 4.74 Å². The molecule has 4 aliphatic carbocycles. The van der Waals surface area contributed by atoms with Gasteiger partial charge in [-0.3, -0.25) is 0 Å². The van der Waals surface area contributed by atoms with Crippen molar-refractivity contribution < 1.29 is 4.74 Å². The highest BCUT2D eigenvalue weighted by molar-refractivity contribution is 5.13. The molecule has 2 bridgehead atoms. The van der Waals surface area contributed by atoms with Crippen LogP contribution in [0.15, 0.2) is 11.8 Å². The molecular weight excluding hydrogens is 160 g/mol. The number of ether oxygens (including phenoxy) is 1. The van der Waals surface area contributed by atoms with Crippen molar-refractivity contribution >= 4 is 0 Å². The standard InChI is InChI=1S/C12H18O/c1-2-10(1)8-13-12-7-9-3-5-11(12)6-4-9/h8-9,11-12H,1-7H2.